The van der Waals surface area contributed by atoms with E-state index in [2.05, 4.69) is 4.72 Å². The summed E-state index contributed by atoms with van der Waals surface area (Å²) in [5.41, 5.74) is -0.160. The van der Waals surface area contributed by atoms with Crippen molar-refractivity contribution in [1.82, 2.24) is 0 Å². The molecular formula is C8H11NO5S2. The predicted molar refractivity (Wildman–Crippen MR) is 59.3 cm³/mol. The molecule has 16 heavy (non-hydrogen) atoms. The maximum Gasteiger partial charge on any atom is 0.296 e. The second-order valence-electron chi connectivity index (χ2n) is 2.98. The normalized spacial score (nSPS) is 12.4. The van der Waals surface area contributed by atoms with Gasteiger partial charge in [0.05, 0.1) is 11.4 Å². The van der Waals surface area contributed by atoms with E-state index in [0.717, 1.165) is 6.07 Å². The Labute approximate surface area is 94.1 Å². The molecule has 0 radical (unpaired) electrons. The summed E-state index contributed by atoms with van der Waals surface area (Å²) in [5.74, 6) is -0.188. The molecule has 0 saturated heterocycles. The Balaban J connectivity index is 3.26. The van der Waals surface area contributed by atoms with E-state index in [1.807, 2.05) is 0 Å². The Morgan fingerprint density at radius 1 is 1.19 bits per heavy atom. The molecule has 2 N–H and O–H groups in total. The minimum Gasteiger partial charge on any atom is -0.282 e. The van der Waals surface area contributed by atoms with Crippen LogP contribution in [-0.2, 0) is 20.1 Å². The van der Waals surface area contributed by atoms with Gasteiger partial charge in [-0.25, -0.2) is 8.42 Å². The Morgan fingerprint density at radius 2 is 1.75 bits per heavy atom. The second kappa shape index (κ2) is 4.40. The third-order valence-electron chi connectivity index (χ3n) is 1.81. The molecule has 0 unspecified atom stereocenters. The molecule has 8 heteroatoms. The van der Waals surface area contributed by atoms with Crippen molar-refractivity contribution in [3.63, 3.8) is 0 Å². The third kappa shape index (κ3) is 3.19. The van der Waals surface area contributed by atoms with Crippen LogP contribution in [0.5, 0.6) is 0 Å². The Kier molecular flexibility index (Phi) is 3.56. The quantitative estimate of drug-likeness (QED) is 0.780. The first-order chi connectivity index (χ1) is 7.26. The molecule has 0 aromatic heterocycles. The minimum absolute atomic E-state index is 0.160. The fourth-order valence-corrected chi connectivity index (χ4v) is 2.39. The van der Waals surface area contributed by atoms with Gasteiger partial charge >= 0.3 is 0 Å². The molecule has 0 bridgehead atoms. The second-order valence-corrected chi connectivity index (χ2v) is 6.38. The van der Waals surface area contributed by atoms with Crippen molar-refractivity contribution in [2.75, 3.05) is 10.5 Å². The molecule has 0 aliphatic heterocycles. The first-order valence-electron chi connectivity index (χ1n) is 4.33. The number of hydrogen-bond donors (Lipinski definition) is 2. The van der Waals surface area contributed by atoms with E-state index < -0.39 is 25.0 Å². The van der Waals surface area contributed by atoms with Crippen LogP contribution in [0.15, 0.2) is 29.2 Å². The molecular weight excluding hydrogens is 254 g/mol. The van der Waals surface area contributed by atoms with Crippen molar-refractivity contribution in [3.8, 4) is 0 Å². The van der Waals surface area contributed by atoms with Crippen LogP contribution in [0, 0.1) is 0 Å². The van der Waals surface area contributed by atoms with Crippen LogP contribution in [0.4, 0.5) is 5.69 Å². The molecule has 1 aromatic carbocycles. The summed E-state index contributed by atoms with van der Waals surface area (Å²) < 4.78 is 55.4. The lowest BCUT2D eigenvalue weighted by Gasteiger charge is -2.09. The standard InChI is InChI=1S/C8H11NO5S2/c1-2-15(10,11)9-7-5-3-4-6-8(7)16(12,13)14/h3-6,9H,2H2,1H3,(H,12,13,14). The van der Waals surface area contributed by atoms with E-state index in [9.17, 15) is 16.8 Å². The van der Waals surface area contributed by atoms with E-state index in [4.69, 9.17) is 4.55 Å². The van der Waals surface area contributed by atoms with Crippen molar-refractivity contribution in [1.29, 1.82) is 0 Å². The molecule has 0 fully saturated rings. The van der Waals surface area contributed by atoms with Crippen molar-refractivity contribution >= 4 is 25.8 Å². The van der Waals surface area contributed by atoms with Gasteiger partial charge in [-0.15, -0.1) is 0 Å². The molecule has 0 amide bonds. The highest BCUT2D eigenvalue weighted by atomic mass is 32.2. The lowest BCUT2D eigenvalue weighted by molar-refractivity contribution is 0.483. The van der Waals surface area contributed by atoms with Crippen LogP contribution in [0.3, 0.4) is 0 Å². The molecule has 0 atom stereocenters. The SMILES string of the molecule is CCS(=O)(=O)Nc1ccccc1S(=O)(=O)O. The first kappa shape index (κ1) is 12.9. The summed E-state index contributed by atoms with van der Waals surface area (Å²) in [6.45, 7) is 1.42. The molecule has 0 spiro atoms. The van der Waals surface area contributed by atoms with Crippen molar-refractivity contribution < 1.29 is 21.4 Å². The number of hydrogen-bond acceptors (Lipinski definition) is 4. The molecule has 0 saturated carbocycles. The van der Waals surface area contributed by atoms with Crippen LogP contribution < -0.4 is 4.72 Å². The summed E-state index contributed by atoms with van der Waals surface area (Å²) in [6, 6.07) is 5.22. The van der Waals surface area contributed by atoms with E-state index in [1.54, 1.807) is 0 Å². The lowest BCUT2D eigenvalue weighted by atomic mass is 10.3. The molecule has 1 aromatic rings. The van der Waals surface area contributed by atoms with Gasteiger partial charge in [0.25, 0.3) is 10.1 Å². The smallest absolute Gasteiger partial charge is 0.282 e. The highest BCUT2D eigenvalue weighted by Gasteiger charge is 2.17. The maximum absolute atomic E-state index is 11.3. The Hall–Kier alpha value is -1.12. The van der Waals surface area contributed by atoms with Gasteiger partial charge in [-0.05, 0) is 19.1 Å². The van der Waals surface area contributed by atoms with Crippen LogP contribution in [0.1, 0.15) is 6.92 Å². The van der Waals surface area contributed by atoms with Gasteiger partial charge in [-0.1, -0.05) is 12.1 Å². The largest absolute Gasteiger partial charge is 0.296 e. The number of sulfonamides is 1. The molecule has 6 nitrogen and oxygen atoms in total. The summed E-state index contributed by atoms with van der Waals surface area (Å²) in [7, 11) is -8.02. The highest BCUT2D eigenvalue weighted by molar-refractivity contribution is 7.92. The zero-order valence-electron chi connectivity index (χ0n) is 8.41. The van der Waals surface area contributed by atoms with E-state index in [-0.39, 0.29) is 11.4 Å². The van der Waals surface area contributed by atoms with Gasteiger partial charge in [0.1, 0.15) is 4.90 Å². The summed E-state index contributed by atoms with van der Waals surface area (Å²) >= 11 is 0. The van der Waals surface area contributed by atoms with Crippen LogP contribution in [0.25, 0.3) is 0 Å². The first-order valence-corrected chi connectivity index (χ1v) is 7.42. The number of para-hydroxylation sites is 1. The molecule has 1 rings (SSSR count). The van der Waals surface area contributed by atoms with Gasteiger partial charge in [0.2, 0.25) is 10.0 Å². The number of benzene rings is 1. The van der Waals surface area contributed by atoms with Gasteiger partial charge in [0.15, 0.2) is 0 Å². The fraction of sp³-hybridized carbons (Fsp3) is 0.250. The zero-order chi connectivity index (χ0) is 12.4. The van der Waals surface area contributed by atoms with Crippen molar-refractivity contribution in [2.24, 2.45) is 0 Å². The topological polar surface area (TPSA) is 101 Å². The number of anilines is 1. The number of rotatable bonds is 4. The van der Waals surface area contributed by atoms with Crippen LogP contribution in [-0.4, -0.2) is 27.1 Å². The number of nitrogens with one attached hydrogen (secondary N) is 1. The summed E-state index contributed by atoms with van der Waals surface area (Å²) in [6.07, 6.45) is 0. The van der Waals surface area contributed by atoms with E-state index in [0.29, 0.717) is 0 Å². The fourth-order valence-electron chi connectivity index (χ4n) is 1.02. The van der Waals surface area contributed by atoms with E-state index in [1.165, 1.54) is 25.1 Å². The zero-order valence-corrected chi connectivity index (χ0v) is 10.0. The van der Waals surface area contributed by atoms with E-state index >= 15 is 0 Å². The molecule has 0 aliphatic rings. The molecule has 0 heterocycles. The Bertz CT molecular complexity index is 576. The average Bonchev–Trinajstić information content (AvgIpc) is 2.16. The average molecular weight is 265 g/mol. The van der Waals surface area contributed by atoms with Crippen LogP contribution >= 0.6 is 0 Å². The molecule has 90 valence electrons. The highest BCUT2D eigenvalue weighted by Crippen LogP contribution is 2.21. The molecule has 0 aliphatic carbocycles. The predicted octanol–water partition coefficient (Wildman–Crippen LogP) is 0.695. The monoisotopic (exact) mass is 265 g/mol. The maximum atomic E-state index is 11.3. The van der Waals surface area contributed by atoms with Gasteiger partial charge < -0.3 is 0 Å². The van der Waals surface area contributed by atoms with Gasteiger partial charge in [-0.2, -0.15) is 8.42 Å². The van der Waals surface area contributed by atoms with Gasteiger partial charge in [0, 0.05) is 0 Å². The lowest BCUT2D eigenvalue weighted by Crippen LogP contribution is -2.16. The summed E-state index contributed by atoms with van der Waals surface area (Å²) in [4.78, 5) is -0.466. The summed E-state index contributed by atoms with van der Waals surface area (Å²) in [5, 5.41) is 0. The van der Waals surface area contributed by atoms with Gasteiger partial charge in [-0.3, -0.25) is 9.27 Å². The Morgan fingerprint density at radius 3 is 2.25 bits per heavy atom. The van der Waals surface area contributed by atoms with Crippen molar-refractivity contribution in [3.05, 3.63) is 24.3 Å². The third-order valence-corrected chi connectivity index (χ3v) is 4.01. The van der Waals surface area contributed by atoms with Crippen molar-refractivity contribution in [2.45, 2.75) is 11.8 Å². The van der Waals surface area contributed by atoms with Crippen LogP contribution in [0.2, 0.25) is 0 Å². The minimum atomic E-state index is -4.44.